The maximum Gasteiger partial charge on any atom is 0.277 e. The van der Waals surface area contributed by atoms with Gasteiger partial charge in [0.1, 0.15) is 5.82 Å². The van der Waals surface area contributed by atoms with E-state index < -0.39 is 32.5 Å². The average molecular weight is 474 g/mol. The van der Waals surface area contributed by atoms with Gasteiger partial charge in [0.15, 0.2) is 10.0 Å². The zero-order chi connectivity index (χ0) is 21.0. The third-order valence-electron chi connectivity index (χ3n) is 3.41. The van der Waals surface area contributed by atoms with Crippen molar-refractivity contribution < 1.29 is 17.6 Å². The summed E-state index contributed by atoms with van der Waals surface area (Å²) in [6, 6.07) is 5.46. The Labute approximate surface area is 178 Å². The maximum atomic E-state index is 13.8. The van der Waals surface area contributed by atoms with Crippen molar-refractivity contribution in [2.45, 2.75) is 22.2 Å². The van der Waals surface area contributed by atoms with Crippen molar-refractivity contribution in [1.29, 1.82) is 0 Å². The first kappa shape index (κ1) is 21.6. The van der Waals surface area contributed by atoms with Crippen LogP contribution in [0.5, 0.6) is 0 Å². The van der Waals surface area contributed by atoms with E-state index in [2.05, 4.69) is 25.5 Å². The second kappa shape index (κ2) is 9.11. The van der Waals surface area contributed by atoms with Gasteiger partial charge in [0.05, 0.1) is 17.0 Å². The van der Waals surface area contributed by atoms with Gasteiger partial charge in [0.2, 0.25) is 20.1 Å². The second-order valence-electron chi connectivity index (χ2n) is 5.46. The van der Waals surface area contributed by atoms with Crippen LogP contribution in [0.15, 0.2) is 40.0 Å². The molecule has 29 heavy (non-hydrogen) atoms. The Morgan fingerprint density at radius 1 is 1.31 bits per heavy atom. The Kier molecular flexibility index (Phi) is 6.77. The normalized spacial score (nSPS) is 11.4. The lowest BCUT2D eigenvalue weighted by Crippen LogP contribution is -2.18. The van der Waals surface area contributed by atoms with E-state index in [0.717, 1.165) is 29.4 Å². The molecule has 0 aliphatic carbocycles. The summed E-state index contributed by atoms with van der Waals surface area (Å²) >= 11 is 8.59. The fourth-order valence-electron chi connectivity index (χ4n) is 2.14. The summed E-state index contributed by atoms with van der Waals surface area (Å²) in [6.07, 6.45) is 1.01. The summed E-state index contributed by atoms with van der Waals surface area (Å²) < 4.78 is 39.6. The van der Waals surface area contributed by atoms with Crippen LogP contribution < -0.4 is 5.32 Å². The average Bonchev–Trinajstić information content (AvgIpc) is 3.11. The molecule has 0 atom stereocenters. The number of benzene rings is 1. The molecule has 0 spiro atoms. The van der Waals surface area contributed by atoms with E-state index >= 15 is 0 Å². The van der Waals surface area contributed by atoms with Crippen LogP contribution in [0.2, 0.25) is 5.02 Å². The van der Waals surface area contributed by atoms with Crippen LogP contribution in [0.1, 0.15) is 23.0 Å². The van der Waals surface area contributed by atoms with Crippen molar-refractivity contribution in [2.24, 2.45) is 0 Å². The van der Waals surface area contributed by atoms with Gasteiger partial charge in [-0.2, -0.15) is 0 Å². The van der Waals surface area contributed by atoms with Gasteiger partial charge >= 0.3 is 0 Å². The van der Waals surface area contributed by atoms with E-state index in [1.54, 1.807) is 0 Å². The number of aromatic nitrogens is 4. The lowest BCUT2D eigenvalue weighted by Gasteiger charge is -2.07. The predicted octanol–water partition coefficient (Wildman–Crippen LogP) is 3.46. The SMILES string of the molecule is CCSc1nnc(NC(=O)c2nc(S(=O)(=O)Cc3ccccc3F)ncc2Cl)s1. The highest BCUT2D eigenvalue weighted by Gasteiger charge is 2.24. The minimum absolute atomic E-state index is 0.0353. The van der Waals surface area contributed by atoms with Gasteiger partial charge in [-0.1, -0.05) is 59.8 Å². The molecule has 0 unspecified atom stereocenters. The van der Waals surface area contributed by atoms with Crippen LogP contribution in [-0.2, 0) is 15.6 Å². The highest BCUT2D eigenvalue weighted by Crippen LogP contribution is 2.26. The molecular formula is C16H13ClFN5O3S3. The quantitative estimate of drug-likeness (QED) is 0.315. The summed E-state index contributed by atoms with van der Waals surface area (Å²) in [5.74, 6) is -1.29. The Balaban J connectivity index is 1.84. The van der Waals surface area contributed by atoms with E-state index in [0.29, 0.717) is 4.34 Å². The fraction of sp³-hybridized carbons (Fsp3) is 0.188. The van der Waals surface area contributed by atoms with Crippen LogP contribution in [0, 0.1) is 5.82 Å². The standard InChI is InChI=1S/C16H13ClFN5O3S3/c1-2-27-16-23-22-14(28-16)21-13(24)12-10(17)7-19-15(20-12)29(25,26)8-9-5-3-4-6-11(9)18/h3-7H,2,8H2,1H3,(H,21,22,24). The molecular weight excluding hydrogens is 461 g/mol. The number of carbonyl (C=O) groups is 1. The number of amides is 1. The number of sulfone groups is 1. The summed E-state index contributed by atoms with van der Waals surface area (Å²) in [4.78, 5) is 20.0. The maximum absolute atomic E-state index is 13.8. The van der Waals surface area contributed by atoms with Crippen LogP contribution in [0.3, 0.4) is 0 Å². The van der Waals surface area contributed by atoms with Gasteiger partial charge in [-0.15, -0.1) is 10.2 Å². The van der Waals surface area contributed by atoms with Gasteiger partial charge < -0.3 is 0 Å². The largest absolute Gasteiger partial charge is 0.295 e. The van der Waals surface area contributed by atoms with Crippen molar-refractivity contribution in [3.05, 3.63) is 52.6 Å². The Morgan fingerprint density at radius 2 is 2.07 bits per heavy atom. The molecule has 0 saturated heterocycles. The highest BCUT2D eigenvalue weighted by molar-refractivity contribution is 8.01. The minimum Gasteiger partial charge on any atom is -0.295 e. The van der Waals surface area contributed by atoms with Crippen molar-refractivity contribution in [2.75, 3.05) is 11.1 Å². The van der Waals surface area contributed by atoms with Crippen LogP contribution in [-0.4, -0.2) is 40.2 Å². The molecule has 8 nitrogen and oxygen atoms in total. The van der Waals surface area contributed by atoms with Crippen LogP contribution in [0.25, 0.3) is 0 Å². The number of anilines is 1. The molecule has 3 aromatic rings. The molecule has 0 fully saturated rings. The lowest BCUT2D eigenvalue weighted by molar-refractivity contribution is 0.102. The van der Waals surface area contributed by atoms with Crippen molar-refractivity contribution in [3.8, 4) is 0 Å². The van der Waals surface area contributed by atoms with Gasteiger partial charge in [-0.05, 0) is 11.8 Å². The molecule has 3 rings (SSSR count). The third-order valence-corrected chi connectivity index (χ3v) is 6.99. The Hall–Kier alpha value is -2.15. The van der Waals surface area contributed by atoms with Gasteiger partial charge in [-0.25, -0.2) is 22.8 Å². The lowest BCUT2D eigenvalue weighted by atomic mass is 10.2. The van der Waals surface area contributed by atoms with Crippen molar-refractivity contribution in [1.82, 2.24) is 20.2 Å². The molecule has 0 radical (unpaired) electrons. The topological polar surface area (TPSA) is 115 Å². The molecule has 1 amide bonds. The zero-order valence-corrected chi connectivity index (χ0v) is 18.0. The predicted molar refractivity (Wildman–Crippen MR) is 109 cm³/mol. The summed E-state index contributed by atoms with van der Waals surface area (Å²) in [7, 11) is -4.11. The van der Waals surface area contributed by atoms with Crippen molar-refractivity contribution >= 4 is 55.6 Å². The number of hydrogen-bond donors (Lipinski definition) is 1. The number of carbonyl (C=O) groups excluding carboxylic acids is 1. The number of rotatable bonds is 7. The first-order valence-electron chi connectivity index (χ1n) is 8.06. The molecule has 0 aliphatic heterocycles. The highest BCUT2D eigenvalue weighted by atomic mass is 35.5. The zero-order valence-electron chi connectivity index (χ0n) is 14.8. The molecule has 0 bridgehead atoms. The number of halogens is 2. The van der Waals surface area contributed by atoms with Gasteiger partial charge in [0, 0.05) is 5.56 Å². The number of thioether (sulfide) groups is 1. The second-order valence-corrected chi connectivity index (χ2v) is 10.2. The van der Waals surface area contributed by atoms with Gasteiger partial charge in [-0.3, -0.25) is 10.1 Å². The molecule has 1 N–H and O–H groups in total. The Morgan fingerprint density at radius 3 is 2.79 bits per heavy atom. The molecule has 0 aliphatic rings. The number of nitrogens with zero attached hydrogens (tertiary/aromatic N) is 4. The summed E-state index contributed by atoms with van der Waals surface area (Å²) in [5, 5.41) is 9.67. The minimum atomic E-state index is -4.11. The van der Waals surface area contributed by atoms with E-state index in [-0.39, 0.29) is 21.4 Å². The molecule has 2 aromatic heterocycles. The van der Waals surface area contributed by atoms with Gasteiger partial charge in [0.25, 0.3) is 5.91 Å². The first-order chi connectivity index (χ1) is 13.8. The third kappa shape index (κ3) is 5.26. The number of nitrogens with one attached hydrogen (secondary N) is 1. The fourth-order valence-corrected chi connectivity index (χ4v) is 5.18. The molecule has 13 heteroatoms. The molecule has 1 aromatic carbocycles. The van der Waals surface area contributed by atoms with Crippen LogP contribution >= 0.6 is 34.7 Å². The smallest absolute Gasteiger partial charge is 0.277 e. The number of hydrogen-bond acceptors (Lipinski definition) is 9. The molecule has 152 valence electrons. The first-order valence-corrected chi connectivity index (χ1v) is 11.9. The monoisotopic (exact) mass is 473 g/mol. The van der Waals surface area contributed by atoms with E-state index in [1.165, 1.54) is 30.0 Å². The van der Waals surface area contributed by atoms with E-state index in [4.69, 9.17) is 11.6 Å². The van der Waals surface area contributed by atoms with E-state index in [1.807, 2.05) is 6.92 Å². The van der Waals surface area contributed by atoms with Crippen LogP contribution in [0.4, 0.5) is 9.52 Å². The summed E-state index contributed by atoms with van der Waals surface area (Å²) in [6.45, 7) is 1.95. The molecule has 2 heterocycles. The van der Waals surface area contributed by atoms with E-state index in [9.17, 15) is 17.6 Å². The summed E-state index contributed by atoms with van der Waals surface area (Å²) in [5.41, 5.74) is -0.375. The molecule has 0 saturated carbocycles. The van der Waals surface area contributed by atoms with Crippen molar-refractivity contribution in [3.63, 3.8) is 0 Å². The Bertz CT molecular complexity index is 1160.